The van der Waals surface area contributed by atoms with E-state index in [1.54, 1.807) is 0 Å². The van der Waals surface area contributed by atoms with Crippen molar-refractivity contribution in [3.05, 3.63) is 24.0 Å². The zero-order chi connectivity index (χ0) is 13.1. The summed E-state index contributed by atoms with van der Waals surface area (Å²) in [6.45, 7) is 0. The van der Waals surface area contributed by atoms with Crippen molar-refractivity contribution < 1.29 is 21.6 Å². The number of rotatable bonds is 3. The Bertz CT molecular complexity index is 531. The molecule has 1 aromatic heterocycles. The molecular weight excluding hydrogens is 259 g/mol. The predicted octanol–water partition coefficient (Wildman–Crippen LogP) is 1.37. The van der Waals surface area contributed by atoms with Gasteiger partial charge in [0.15, 0.2) is 5.75 Å². The van der Waals surface area contributed by atoms with Crippen LogP contribution in [0.2, 0.25) is 0 Å². The van der Waals surface area contributed by atoms with E-state index in [0.717, 1.165) is 12.3 Å². The molecule has 92 valence electrons. The summed E-state index contributed by atoms with van der Waals surface area (Å²) >= 11 is 0. The van der Waals surface area contributed by atoms with E-state index in [1.165, 1.54) is 6.07 Å². The summed E-state index contributed by atoms with van der Waals surface area (Å²) in [6, 6.07) is 2.98. The Kier molecular flexibility index (Phi) is 3.57. The SMILES string of the molecule is N#CCS(=O)(=O)Nc1ccc(C(F)(F)F)nc1. The Hall–Kier alpha value is -1.82. The maximum atomic E-state index is 12.1. The fourth-order valence-electron chi connectivity index (χ4n) is 0.923. The van der Waals surface area contributed by atoms with E-state index in [0.29, 0.717) is 6.07 Å². The monoisotopic (exact) mass is 265 g/mol. The number of hydrogen-bond donors (Lipinski definition) is 1. The largest absolute Gasteiger partial charge is 0.433 e. The third kappa shape index (κ3) is 3.92. The second kappa shape index (κ2) is 4.58. The minimum absolute atomic E-state index is 0.131. The lowest BCUT2D eigenvalue weighted by Gasteiger charge is -2.07. The molecule has 9 heteroatoms. The molecule has 0 atom stereocenters. The molecule has 0 unspecified atom stereocenters. The van der Waals surface area contributed by atoms with Crippen molar-refractivity contribution in [1.29, 1.82) is 5.26 Å². The molecule has 0 spiro atoms. The molecule has 1 aromatic rings. The number of pyridine rings is 1. The second-order valence-corrected chi connectivity index (χ2v) is 4.67. The molecule has 0 amide bonds. The molecule has 0 radical (unpaired) electrons. The van der Waals surface area contributed by atoms with Crippen LogP contribution in [0.1, 0.15) is 5.69 Å². The van der Waals surface area contributed by atoms with Crippen molar-refractivity contribution in [3.8, 4) is 6.07 Å². The van der Waals surface area contributed by atoms with E-state index in [4.69, 9.17) is 5.26 Å². The number of hydrogen-bond acceptors (Lipinski definition) is 4. The summed E-state index contributed by atoms with van der Waals surface area (Å²) in [5, 5.41) is 8.20. The Balaban J connectivity index is 2.87. The van der Waals surface area contributed by atoms with Gasteiger partial charge in [0.1, 0.15) is 5.69 Å². The van der Waals surface area contributed by atoms with E-state index >= 15 is 0 Å². The number of anilines is 1. The third-order valence-corrected chi connectivity index (χ3v) is 2.64. The second-order valence-electron chi connectivity index (χ2n) is 2.95. The molecule has 0 aromatic carbocycles. The Morgan fingerprint density at radius 3 is 2.47 bits per heavy atom. The van der Waals surface area contributed by atoms with Crippen LogP contribution in [0.3, 0.4) is 0 Å². The normalized spacial score (nSPS) is 11.9. The summed E-state index contributed by atoms with van der Waals surface area (Å²) in [6.07, 6.45) is -3.85. The van der Waals surface area contributed by atoms with E-state index < -0.39 is 27.6 Å². The van der Waals surface area contributed by atoms with Crippen molar-refractivity contribution in [3.63, 3.8) is 0 Å². The van der Waals surface area contributed by atoms with Gasteiger partial charge >= 0.3 is 6.18 Å². The molecule has 17 heavy (non-hydrogen) atoms. The average molecular weight is 265 g/mol. The quantitative estimate of drug-likeness (QED) is 0.894. The molecular formula is C8H6F3N3O2S. The zero-order valence-corrected chi connectivity index (χ0v) is 9.01. The van der Waals surface area contributed by atoms with Crippen LogP contribution in [-0.2, 0) is 16.2 Å². The number of nitriles is 1. The number of nitrogens with zero attached hydrogens (tertiary/aromatic N) is 2. The van der Waals surface area contributed by atoms with Crippen molar-refractivity contribution in [2.24, 2.45) is 0 Å². The molecule has 1 N–H and O–H groups in total. The van der Waals surface area contributed by atoms with Gasteiger partial charge in [0, 0.05) is 0 Å². The third-order valence-electron chi connectivity index (χ3n) is 1.58. The van der Waals surface area contributed by atoms with Gasteiger partial charge < -0.3 is 0 Å². The standard InChI is InChI=1S/C8H6F3N3O2S/c9-8(10,11)7-2-1-6(5-13-7)14-17(15,16)4-3-12/h1-2,5,14H,4H2. The molecule has 1 rings (SSSR count). The minimum Gasteiger partial charge on any atom is -0.281 e. The highest BCUT2D eigenvalue weighted by molar-refractivity contribution is 7.92. The van der Waals surface area contributed by atoms with Gasteiger partial charge in [-0.15, -0.1) is 0 Å². The van der Waals surface area contributed by atoms with Gasteiger partial charge in [0.25, 0.3) is 0 Å². The minimum atomic E-state index is -4.58. The zero-order valence-electron chi connectivity index (χ0n) is 8.19. The fourth-order valence-corrected chi connectivity index (χ4v) is 1.64. The highest BCUT2D eigenvalue weighted by Crippen LogP contribution is 2.27. The highest BCUT2D eigenvalue weighted by Gasteiger charge is 2.32. The number of aromatic nitrogens is 1. The molecule has 0 aliphatic rings. The number of halogens is 3. The average Bonchev–Trinajstić information content (AvgIpc) is 2.16. The lowest BCUT2D eigenvalue weighted by atomic mass is 10.3. The van der Waals surface area contributed by atoms with E-state index in [9.17, 15) is 21.6 Å². The van der Waals surface area contributed by atoms with Gasteiger partial charge in [-0.2, -0.15) is 18.4 Å². The summed E-state index contributed by atoms with van der Waals surface area (Å²) in [5.41, 5.74) is -1.26. The fraction of sp³-hybridized carbons (Fsp3) is 0.250. The Morgan fingerprint density at radius 2 is 2.06 bits per heavy atom. The molecule has 0 saturated heterocycles. The van der Waals surface area contributed by atoms with Gasteiger partial charge in [-0.3, -0.25) is 4.72 Å². The number of nitrogens with one attached hydrogen (secondary N) is 1. The lowest BCUT2D eigenvalue weighted by Crippen LogP contribution is -2.16. The van der Waals surface area contributed by atoms with Crippen molar-refractivity contribution in [1.82, 2.24) is 4.98 Å². The highest BCUT2D eigenvalue weighted by atomic mass is 32.2. The Labute approximate surface area is 94.9 Å². The maximum absolute atomic E-state index is 12.1. The smallest absolute Gasteiger partial charge is 0.281 e. The molecule has 5 nitrogen and oxygen atoms in total. The molecule has 0 bridgehead atoms. The van der Waals surface area contributed by atoms with E-state index in [-0.39, 0.29) is 5.69 Å². The van der Waals surface area contributed by atoms with Crippen LogP contribution in [-0.4, -0.2) is 19.2 Å². The summed E-state index contributed by atoms with van der Waals surface area (Å²) in [7, 11) is -3.87. The van der Waals surface area contributed by atoms with Crippen LogP contribution in [0, 0.1) is 11.3 Å². The lowest BCUT2D eigenvalue weighted by molar-refractivity contribution is -0.141. The summed E-state index contributed by atoms with van der Waals surface area (Å²) < 4.78 is 60.5. The molecule has 0 saturated carbocycles. The van der Waals surface area contributed by atoms with E-state index in [2.05, 4.69) is 4.98 Å². The van der Waals surface area contributed by atoms with Crippen LogP contribution in [0.15, 0.2) is 18.3 Å². The molecule has 0 aliphatic carbocycles. The number of sulfonamides is 1. The molecule has 0 fully saturated rings. The first-order valence-electron chi connectivity index (χ1n) is 4.15. The van der Waals surface area contributed by atoms with Crippen molar-refractivity contribution in [2.45, 2.75) is 6.18 Å². The van der Waals surface area contributed by atoms with Gasteiger partial charge in [-0.1, -0.05) is 0 Å². The Morgan fingerprint density at radius 1 is 1.41 bits per heavy atom. The number of alkyl halides is 3. The van der Waals surface area contributed by atoms with Gasteiger partial charge in [0.2, 0.25) is 10.0 Å². The first-order valence-corrected chi connectivity index (χ1v) is 5.80. The van der Waals surface area contributed by atoms with Crippen LogP contribution < -0.4 is 4.72 Å². The van der Waals surface area contributed by atoms with Crippen LogP contribution in [0.25, 0.3) is 0 Å². The predicted molar refractivity (Wildman–Crippen MR) is 52.3 cm³/mol. The molecule has 0 aliphatic heterocycles. The van der Waals surface area contributed by atoms with Crippen LogP contribution in [0.4, 0.5) is 18.9 Å². The van der Waals surface area contributed by atoms with Gasteiger partial charge in [-0.25, -0.2) is 13.4 Å². The van der Waals surface area contributed by atoms with Crippen molar-refractivity contribution in [2.75, 3.05) is 10.5 Å². The molecule has 1 heterocycles. The van der Waals surface area contributed by atoms with Crippen molar-refractivity contribution >= 4 is 15.7 Å². The van der Waals surface area contributed by atoms with Crippen LogP contribution >= 0.6 is 0 Å². The first-order chi connectivity index (χ1) is 7.74. The maximum Gasteiger partial charge on any atom is 0.433 e. The van der Waals surface area contributed by atoms with Gasteiger partial charge in [0.05, 0.1) is 18.0 Å². The summed E-state index contributed by atoms with van der Waals surface area (Å²) in [4.78, 5) is 3.06. The van der Waals surface area contributed by atoms with Gasteiger partial charge in [-0.05, 0) is 12.1 Å². The topological polar surface area (TPSA) is 82.8 Å². The first kappa shape index (κ1) is 13.2. The summed E-state index contributed by atoms with van der Waals surface area (Å²) in [5.74, 6) is -0.784. The van der Waals surface area contributed by atoms with Crippen LogP contribution in [0.5, 0.6) is 0 Å². The van der Waals surface area contributed by atoms with E-state index in [1.807, 2.05) is 4.72 Å².